The average molecular weight is 380 g/mol. The second kappa shape index (κ2) is 7.57. The molecule has 0 radical (unpaired) electrons. The van der Waals surface area contributed by atoms with Gasteiger partial charge in [0.1, 0.15) is 6.33 Å². The van der Waals surface area contributed by atoms with Crippen molar-refractivity contribution >= 4 is 27.5 Å². The van der Waals surface area contributed by atoms with Gasteiger partial charge in [-0.1, -0.05) is 42.1 Å². The summed E-state index contributed by atoms with van der Waals surface area (Å²) < 4.78 is 25.4. The predicted octanol–water partition coefficient (Wildman–Crippen LogP) is 1.12. The third-order valence-electron chi connectivity index (χ3n) is 4.16. The number of amides is 1. The molecule has 9 heteroatoms. The van der Waals surface area contributed by atoms with E-state index in [0.29, 0.717) is 18.1 Å². The van der Waals surface area contributed by atoms with Crippen molar-refractivity contribution in [3.8, 4) is 0 Å². The fraction of sp³-hybridized carbons (Fsp3) is 0.438. The summed E-state index contributed by atoms with van der Waals surface area (Å²) >= 11 is 1.31. The van der Waals surface area contributed by atoms with Crippen molar-refractivity contribution in [1.82, 2.24) is 19.7 Å². The molecule has 0 saturated carbocycles. The third kappa shape index (κ3) is 4.60. The molecule has 3 rings (SSSR count). The normalized spacial score (nSPS) is 19.0. The molecule has 1 aliphatic heterocycles. The Labute approximate surface area is 151 Å². The zero-order chi connectivity index (χ0) is 17.9. The molecule has 1 unspecified atom stereocenters. The standard InChI is InChI=1S/C16H20N4O3S2/c1-19-12-17-18-16(19)24-10-15(21)20(9-13-5-3-2-4-6-13)14-7-8-25(22,23)11-14/h2-6,12,14H,7-11H2,1H3. The first-order valence-electron chi connectivity index (χ1n) is 7.95. The number of aromatic nitrogens is 3. The Balaban J connectivity index is 1.73. The second-order valence-electron chi connectivity index (χ2n) is 6.08. The Morgan fingerprint density at radius 2 is 2.12 bits per heavy atom. The number of carbonyl (C=O) groups excluding carboxylic acids is 1. The lowest BCUT2D eigenvalue weighted by Crippen LogP contribution is -2.41. The van der Waals surface area contributed by atoms with E-state index in [1.165, 1.54) is 11.8 Å². The molecule has 134 valence electrons. The summed E-state index contributed by atoms with van der Waals surface area (Å²) in [5, 5.41) is 8.42. The molecule has 0 aliphatic carbocycles. The molecule has 1 atom stereocenters. The number of carbonyl (C=O) groups is 1. The van der Waals surface area contributed by atoms with E-state index in [-0.39, 0.29) is 29.2 Å². The Kier molecular flexibility index (Phi) is 5.43. The molecule has 1 fully saturated rings. The highest BCUT2D eigenvalue weighted by Crippen LogP contribution is 2.22. The van der Waals surface area contributed by atoms with Crippen LogP contribution in [0.25, 0.3) is 0 Å². The number of thioether (sulfide) groups is 1. The number of nitrogens with zero attached hydrogens (tertiary/aromatic N) is 4. The van der Waals surface area contributed by atoms with Gasteiger partial charge in [0.05, 0.1) is 17.3 Å². The number of hydrogen-bond acceptors (Lipinski definition) is 6. The maximum Gasteiger partial charge on any atom is 0.233 e. The van der Waals surface area contributed by atoms with Crippen LogP contribution in [0.3, 0.4) is 0 Å². The van der Waals surface area contributed by atoms with Crippen LogP contribution in [0, 0.1) is 0 Å². The van der Waals surface area contributed by atoms with E-state index in [1.54, 1.807) is 15.8 Å². The molecule has 0 spiro atoms. The van der Waals surface area contributed by atoms with E-state index in [9.17, 15) is 13.2 Å². The minimum atomic E-state index is -3.06. The van der Waals surface area contributed by atoms with Crippen molar-refractivity contribution in [2.45, 2.75) is 24.2 Å². The number of sulfone groups is 1. The zero-order valence-electron chi connectivity index (χ0n) is 13.9. The van der Waals surface area contributed by atoms with Crippen LogP contribution in [-0.4, -0.2) is 57.3 Å². The first-order valence-corrected chi connectivity index (χ1v) is 10.8. The molecule has 1 saturated heterocycles. The lowest BCUT2D eigenvalue weighted by atomic mass is 10.1. The predicted molar refractivity (Wildman–Crippen MR) is 95.8 cm³/mol. The fourth-order valence-corrected chi connectivity index (χ4v) is 5.34. The first kappa shape index (κ1) is 17.9. The maximum absolute atomic E-state index is 12.8. The van der Waals surface area contributed by atoms with Crippen LogP contribution >= 0.6 is 11.8 Å². The van der Waals surface area contributed by atoms with Crippen LogP contribution in [-0.2, 0) is 28.2 Å². The molecule has 25 heavy (non-hydrogen) atoms. The summed E-state index contributed by atoms with van der Waals surface area (Å²) in [6.07, 6.45) is 2.08. The van der Waals surface area contributed by atoms with E-state index < -0.39 is 9.84 Å². The van der Waals surface area contributed by atoms with Crippen molar-refractivity contribution in [2.75, 3.05) is 17.3 Å². The third-order valence-corrected chi connectivity index (χ3v) is 6.93. The zero-order valence-corrected chi connectivity index (χ0v) is 15.5. The first-order chi connectivity index (χ1) is 11.9. The molecule has 0 N–H and O–H groups in total. The van der Waals surface area contributed by atoms with Gasteiger partial charge in [0.15, 0.2) is 15.0 Å². The van der Waals surface area contributed by atoms with Crippen molar-refractivity contribution < 1.29 is 13.2 Å². The van der Waals surface area contributed by atoms with Crippen LogP contribution in [0.1, 0.15) is 12.0 Å². The van der Waals surface area contributed by atoms with Gasteiger partial charge in [-0.05, 0) is 12.0 Å². The molecule has 2 aromatic rings. The molecule has 1 aromatic heterocycles. The highest BCUT2D eigenvalue weighted by molar-refractivity contribution is 7.99. The summed E-state index contributed by atoms with van der Waals surface area (Å²) in [7, 11) is -1.24. The minimum absolute atomic E-state index is 0.0419. The highest BCUT2D eigenvalue weighted by atomic mass is 32.2. The Hall–Kier alpha value is -1.87. The molecule has 7 nitrogen and oxygen atoms in total. The summed E-state index contributed by atoms with van der Waals surface area (Å²) in [6, 6.07) is 9.37. The van der Waals surface area contributed by atoms with Gasteiger partial charge in [0.2, 0.25) is 5.91 Å². The van der Waals surface area contributed by atoms with Gasteiger partial charge in [-0.25, -0.2) is 8.42 Å². The van der Waals surface area contributed by atoms with E-state index in [2.05, 4.69) is 10.2 Å². The number of benzene rings is 1. The van der Waals surface area contributed by atoms with E-state index >= 15 is 0 Å². The number of hydrogen-bond donors (Lipinski definition) is 0. The van der Waals surface area contributed by atoms with Gasteiger partial charge in [-0.3, -0.25) is 4.79 Å². The monoisotopic (exact) mass is 380 g/mol. The van der Waals surface area contributed by atoms with E-state index in [1.807, 2.05) is 37.4 Å². The van der Waals surface area contributed by atoms with Gasteiger partial charge in [0.25, 0.3) is 0 Å². The summed E-state index contributed by atoms with van der Waals surface area (Å²) in [4.78, 5) is 14.5. The van der Waals surface area contributed by atoms with Crippen molar-refractivity contribution in [3.63, 3.8) is 0 Å². The SMILES string of the molecule is Cn1cnnc1SCC(=O)N(Cc1ccccc1)C1CCS(=O)(=O)C1. The van der Waals surface area contributed by atoms with Gasteiger partial charge in [-0.2, -0.15) is 0 Å². The fourth-order valence-electron chi connectivity index (χ4n) is 2.83. The van der Waals surface area contributed by atoms with Gasteiger partial charge in [0, 0.05) is 19.6 Å². The summed E-state index contributed by atoms with van der Waals surface area (Å²) in [5.41, 5.74) is 0.990. The largest absolute Gasteiger partial charge is 0.334 e. The maximum atomic E-state index is 12.8. The van der Waals surface area contributed by atoms with Crippen LogP contribution in [0.15, 0.2) is 41.8 Å². The second-order valence-corrected chi connectivity index (χ2v) is 9.25. The average Bonchev–Trinajstić information content (AvgIpc) is 3.16. The highest BCUT2D eigenvalue weighted by Gasteiger charge is 2.34. The quantitative estimate of drug-likeness (QED) is 0.698. The Morgan fingerprint density at radius 3 is 2.72 bits per heavy atom. The molecule has 1 aromatic carbocycles. The Bertz CT molecular complexity index is 836. The van der Waals surface area contributed by atoms with Crippen LogP contribution in [0.2, 0.25) is 0 Å². The molecule has 1 amide bonds. The molecule has 2 heterocycles. The van der Waals surface area contributed by atoms with Gasteiger partial charge >= 0.3 is 0 Å². The molecular weight excluding hydrogens is 360 g/mol. The smallest absolute Gasteiger partial charge is 0.233 e. The van der Waals surface area contributed by atoms with Crippen molar-refractivity contribution in [2.24, 2.45) is 7.05 Å². The number of rotatable bonds is 6. The van der Waals surface area contributed by atoms with Crippen LogP contribution in [0.5, 0.6) is 0 Å². The van der Waals surface area contributed by atoms with Crippen LogP contribution in [0.4, 0.5) is 0 Å². The number of aryl methyl sites for hydroxylation is 1. The topological polar surface area (TPSA) is 85.2 Å². The molecule has 1 aliphatic rings. The lowest BCUT2D eigenvalue weighted by molar-refractivity contribution is -0.130. The Morgan fingerprint density at radius 1 is 1.36 bits per heavy atom. The van der Waals surface area contributed by atoms with E-state index in [0.717, 1.165) is 5.56 Å². The van der Waals surface area contributed by atoms with Gasteiger partial charge < -0.3 is 9.47 Å². The molecular formula is C16H20N4O3S2. The summed E-state index contributed by atoms with van der Waals surface area (Å²) in [6.45, 7) is 0.416. The van der Waals surface area contributed by atoms with Gasteiger partial charge in [-0.15, -0.1) is 10.2 Å². The van der Waals surface area contributed by atoms with Crippen molar-refractivity contribution in [3.05, 3.63) is 42.2 Å². The summed E-state index contributed by atoms with van der Waals surface area (Å²) in [5.74, 6) is 0.307. The lowest BCUT2D eigenvalue weighted by Gasteiger charge is -2.28. The van der Waals surface area contributed by atoms with Crippen LogP contribution < -0.4 is 0 Å². The minimum Gasteiger partial charge on any atom is -0.334 e. The molecule has 0 bridgehead atoms. The van der Waals surface area contributed by atoms with Crippen molar-refractivity contribution in [1.29, 1.82) is 0 Å². The van der Waals surface area contributed by atoms with E-state index in [4.69, 9.17) is 0 Å².